The highest BCUT2D eigenvalue weighted by molar-refractivity contribution is 5.79. The van der Waals surface area contributed by atoms with Crippen LogP contribution >= 0.6 is 0 Å². The van der Waals surface area contributed by atoms with Gasteiger partial charge in [-0.15, -0.1) is 0 Å². The van der Waals surface area contributed by atoms with E-state index in [0.29, 0.717) is 31.7 Å². The third-order valence-electron chi connectivity index (χ3n) is 4.17. The summed E-state index contributed by atoms with van der Waals surface area (Å²) in [5, 5.41) is 0.145. The topological polar surface area (TPSA) is 75.5 Å². The van der Waals surface area contributed by atoms with E-state index in [9.17, 15) is 18.8 Å². The Bertz CT molecular complexity index is 856. The van der Waals surface area contributed by atoms with Crippen molar-refractivity contribution in [3.63, 3.8) is 0 Å². The minimum Gasteiger partial charge on any atom is -0.339 e. The van der Waals surface area contributed by atoms with Crippen LogP contribution in [0.15, 0.2) is 29.3 Å². The van der Waals surface area contributed by atoms with Crippen LogP contribution in [0.25, 0.3) is 10.9 Å². The number of fused-ring (bicyclic) bond motifs is 1. The predicted octanol–water partition coefficient (Wildman–Crippen LogP) is 0.226. The largest absolute Gasteiger partial charge is 0.339 e. The molecule has 0 aliphatic carbocycles. The molecule has 3 rings (SSSR count). The highest BCUT2D eigenvalue weighted by Crippen LogP contribution is 2.09. The van der Waals surface area contributed by atoms with E-state index in [2.05, 4.69) is 4.98 Å². The molecule has 0 N–H and O–H groups in total. The Morgan fingerprint density at radius 2 is 1.83 bits per heavy atom. The lowest BCUT2D eigenvalue weighted by Crippen LogP contribution is -2.51. The summed E-state index contributed by atoms with van der Waals surface area (Å²) in [4.78, 5) is 43.4. The molecule has 126 valence electrons. The monoisotopic (exact) mass is 332 g/mol. The third-order valence-corrected chi connectivity index (χ3v) is 4.17. The number of rotatable bonds is 2. The molecular weight excluding hydrogens is 315 g/mol. The Labute approximate surface area is 137 Å². The van der Waals surface area contributed by atoms with E-state index in [1.54, 1.807) is 9.80 Å². The van der Waals surface area contributed by atoms with E-state index in [-0.39, 0.29) is 23.7 Å². The number of hydrogen-bond acceptors (Lipinski definition) is 4. The van der Waals surface area contributed by atoms with Crippen molar-refractivity contribution in [3.8, 4) is 0 Å². The van der Waals surface area contributed by atoms with Crippen molar-refractivity contribution in [2.75, 3.05) is 26.2 Å². The summed E-state index contributed by atoms with van der Waals surface area (Å²) in [5.41, 5.74) is -0.0598. The van der Waals surface area contributed by atoms with E-state index in [1.165, 1.54) is 30.0 Å². The van der Waals surface area contributed by atoms with Crippen molar-refractivity contribution in [1.82, 2.24) is 19.4 Å². The SMILES string of the molecule is CC(=O)N1CCN(C(=O)Cn2cnc3ccc(F)cc3c2=O)CC1. The van der Waals surface area contributed by atoms with Gasteiger partial charge in [-0.25, -0.2) is 9.37 Å². The fourth-order valence-electron chi connectivity index (χ4n) is 2.76. The number of halogens is 1. The Kier molecular flexibility index (Phi) is 4.28. The number of piperazine rings is 1. The molecule has 2 heterocycles. The van der Waals surface area contributed by atoms with Crippen LogP contribution in [0.5, 0.6) is 0 Å². The summed E-state index contributed by atoms with van der Waals surface area (Å²) in [6.45, 7) is 3.18. The zero-order valence-corrected chi connectivity index (χ0v) is 13.2. The van der Waals surface area contributed by atoms with Crippen LogP contribution in [0, 0.1) is 5.82 Å². The lowest BCUT2D eigenvalue weighted by molar-refractivity contribution is -0.138. The Hall–Kier alpha value is -2.77. The molecule has 0 atom stereocenters. The van der Waals surface area contributed by atoms with Gasteiger partial charge in [-0.3, -0.25) is 19.0 Å². The molecule has 0 spiro atoms. The van der Waals surface area contributed by atoms with E-state index < -0.39 is 11.4 Å². The first kappa shape index (κ1) is 16.1. The lowest BCUT2D eigenvalue weighted by Gasteiger charge is -2.34. The second-order valence-electron chi connectivity index (χ2n) is 5.73. The highest BCUT2D eigenvalue weighted by Gasteiger charge is 2.22. The predicted molar refractivity (Wildman–Crippen MR) is 84.8 cm³/mol. The molecule has 0 saturated carbocycles. The van der Waals surface area contributed by atoms with E-state index in [1.807, 2.05) is 0 Å². The van der Waals surface area contributed by atoms with Gasteiger partial charge in [-0.2, -0.15) is 0 Å². The van der Waals surface area contributed by atoms with Crippen LogP contribution in [-0.4, -0.2) is 57.3 Å². The molecular formula is C16H17FN4O3. The number of aromatic nitrogens is 2. The highest BCUT2D eigenvalue weighted by atomic mass is 19.1. The van der Waals surface area contributed by atoms with Crippen molar-refractivity contribution in [2.24, 2.45) is 0 Å². The molecule has 7 nitrogen and oxygen atoms in total. The maximum atomic E-state index is 13.3. The number of carbonyl (C=O) groups excluding carboxylic acids is 2. The van der Waals surface area contributed by atoms with E-state index in [4.69, 9.17) is 0 Å². The zero-order valence-electron chi connectivity index (χ0n) is 13.2. The van der Waals surface area contributed by atoms with Crippen molar-refractivity contribution in [1.29, 1.82) is 0 Å². The molecule has 1 aliphatic heterocycles. The standard InChI is InChI=1S/C16H17FN4O3/c1-11(22)19-4-6-20(7-5-19)15(23)9-21-10-18-14-3-2-12(17)8-13(14)16(21)24/h2-3,8,10H,4-7,9H2,1H3. The molecule has 24 heavy (non-hydrogen) atoms. The third kappa shape index (κ3) is 3.12. The molecule has 1 fully saturated rings. The molecule has 1 saturated heterocycles. The normalized spacial score (nSPS) is 14.9. The number of nitrogens with zero attached hydrogens (tertiary/aromatic N) is 4. The molecule has 1 aliphatic rings. The molecule has 0 unspecified atom stereocenters. The zero-order chi connectivity index (χ0) is 17.3. The van der Waals surface area contributed by atoms with Crippen LogP contribution in [0.1, 0.15) is 6.92 Å². The number of hydrogen-bond donors (Lipinski definition) is 0. The second-order valence-corrected chi connectivity index (χ2v) is 5.73. The summed E-state index contributed by atoms with van der Waals surface area (Å²) in [5.74, 6) is -0.761. The molecule has 0 bridgehead atoms. The van der Waals surface area contributed by atoms with Gasteiger partial charge in [-0.1, -0.05) is 0 Å². The number of benzene rings is 1. The number of amides is 2. The second kappa shape index (κ2) is 6.38. The van der Waals surface area contributed by atoms with Crippen LogP contribution in [0.2, 0.25) is 0 Å². The summed E-state index contributed by atoms with van der Waals surface area (Å²) in [6, 6.07) is 3.79. The molecule has 1 aromatic heterocycles. The molecule has 0 radical (unpaired) electrons. The molecule has 2 amide bonds. The molecule has 8 heteroatoms. The summed E-state index contributed by atoms with van der Waals surface area (Å²) < 4.78 is 14.5. The van der Waals surface area contributed by atoms with Gasteiger partial charge < -0.3 is 9.80 Å². The molecule has 1 aromatic carbocycles. The van der Waals surface area contributed by atoms with E-state index >= 15 is 0 Å². The quantitative estimate of drug-likeness (QED) is 0.789. The van der Waals surface area contributed by atoms with Gasteiger partial charge in [-0.05, 0) is 18.2 Å². The summed E-state index contributed by atoms with van der Waals surface area (Å²) >= 11 is 0. The lowest BCUT2D eigenvalue weighted by atomic mass is 10.2. The van der Waals surface area contributed by atoms with Crippen molar-refractivity contribution in [2.45, 2.75) is 13.5 Å². The Balaban J connectivity index is 1.75. The Morgan fingerprint density at radius 3 is 2.50 bits per heavy atom. The van der Waals surface area contributed by atoms with Crippen molar-refractivity contribution in [3.05, 3.63) is 40.7 Å². The van der Waals surface area contributed by atoms with Gasteiger partial charge >= 0.3 is 0 Å². The van der Waals surface area contributed by atoms with Gasteiger partial charge in [0.15, 0.2) is 0 Å². The fourth-order valence-corrected chi connectivity index (χ4v) is 2.76. The fraction of sp³-hybridized carbons (Fsp3) is 0.375. The summed E-state index contributed by atoms with van der Waals surface area (Å²) in [6.07, 6.45) is 1.30. The van der Waals surface area contributed by atoms with Gasteiger partial charge in [0.1, 0.15) is 12.4 Å². The first-order valence-electron chi connectivity index (χ1n) is 7.63. The van der Waals surface area contributed by atoms with Crippen LogP contribution in [0.4, 0.5) is 4.39 Å². The minimum absolute atomic E-state index is 0.0147. The van der Waals surface area contributed by atoms with Crippen LogP contribution in [-0.2, 0) is 16.1 Å². The average Bonchev–Trinajstić information content (AvgIpc) is 2.58. The smallest absolute Gasteiger partial charge is 0.261 e. The van der Waals surface area contributed by atoms with Gasteiger partial charge in [0.05, 0.1) is 17.2 Å². The minimum atomic E-state index is -0.522. The average molecular weight is 332 g/mol. The maximum absolute atomic E-state index is 13.3. The van der Waals surface area contributed by atoms with Crippen LogP contribution < -0.4 is 5.56 Å². The number of carbonyl (C=O) groups is 2. The summed E-state index contributed by atoms with van der Waals surface area (Å²) in [7, 11) is 0. The van der Waals surface area contributed by atoms with Crippen LogP contribution in [0.3, 0.4) is 0 Å². The van der Waals surface area contributed by atoms with Crippen molar-refractivity contribution >= 4 is 22.7 Å². The van der Waals surface area contributed by atoms with Gasteiger partial charge in [0.2, 0.25) is 11.8 Å². The molecule has 2 aromatic rings. The maximum Gasteiger partial charge on any atom is 0.261 e. The van der Waals surface area contributed by atoms with Gasteiger partial charge in [0, 0.05) is 33.1 Å². The van der Waals surface area contributed by atoms with E-state index in [0.717, 1.165) is 6.07 Å². The van der Waals surface area contributed by atoms with Gasteiger partial charge in [0.25, 0.3) is 5.56 Å². The Morgan fingerprint density at radius 1 is 1.17 bits per heavy atom. The first-order chi connectivity index (χ1) is 11.5. The first-order valence-corrected chi connectivity index (χ1v) is 7.63. The van der Waals surface area contributed by atoms with Crippen molar-refractivity contribution < 1.29 is 14.0 Å².